The molecule has 0 heterocycles. The van der Waals surface area contributed by atoms with Crippen molar-refractivity contribution in [2.24, 2.45) is 5.73 Å². The Morgan fingerprint density at radius 3 is 1.62 bits per heavy atom. The van der Waals surface area contributed by atoms with E-state index >= 15 is 0 Å². The predicted molar refractivity (Wildman–Crippen MR) is 122 cm³/mol. The molecule has 3 heteroatoms. The van der Waals surface area contributed by atoms with Gasteiger partial charge in [-0.2, -0.15) is 0 Å². The Kier molecular flexibility index (Phi) is 10.4. The van der Waals surface area contributed by atoms with E-state index in [9.17, 15) is 10.2 Å². The van der Waals surface area contributed by atoms with E-state index in [2.05, 4.69) is 55.5 Å². The van der Waals surface area contributed by atoms with Gasteiger partial charge in [-0.1, -0.05) is 87.6 Å². The van der Waals surface area contributed by atoms with Crippen LogP contribution in [-0.2, 0) is 19.3 Å². The van der Waals surface area contributed by atoms with E-state index in [1.165, 1.54) is 67.2 Å². The smallest absolute Gasteiger partial charge is 0.0633 e. The van der Waals surface area contributed by atoms with Gasteiger partial charge in [0.15, 0.2) is 0 Å². The van der Waals surface area contributed by atoms with Crippen LogP contribution in [0.15, 0.2) is 48.5 Å². The minimum absolute atomic E-state index is 0.198. The average Bonchev–Trinajstić information content (AvgIpc) is 2.76. The Hall–Kier alpha value is -1.68. The van der Waals surface area contributed by atoms with Gasteiger partial charge in [0.1, 0.15) is 0 Å². The van der Waals surface area contributed by atoms with Crippen molar-refractivity contribution >= 4 is 0 Å². The van der Waals surface area contributed by atoms with Crippen LogP contribution in [0, 0.1) is 0 Å². The second-order valence-electron chi connectivity index (χ2n) is 8.51. The van der Waals surface area contributed by atoms with Crippen molar-refractivity contribution in [3.05, 3.63) is 70.8 Å². The molecule has 0 amide bonds. The number of aliphatic hydroxyl groups is 2. The first-order valence-electron chi connectivity index (χ1n) is 11.2. The molecule has 2 rings (SSSR count). The summed E-state index contributed by atoms with van der Waals surface area (Å²) in [6, 6.07) is 17.6. The summed E-state index contributed by atoms with van der Waals surface area (Å²) in [7, 11) is 0. The van der Waals surface area contributed by atoms with Crippen LogP contribution in [0.1, 0.15) is 74.1 Å². The Balaban J connectivity index is 1.76. The molecule has 0 unspecified atom stereocenters. The number of hydrogen-bond donors (Lipinski definition) is 3. The molecule has 0 aromatic heterocycles. The number of unbranched alkanes of at least 4 members (excludes halogenated alkanes) is 5. The van der Waals surface area contributed by atoms with Gasteiger partial charge >= 0.3 is 0 Å². The van der Waals surface area contributed by atoms with Crippen molar-refractivity contribution in [3.63, 3.8) is 0 Å². The molecule has 0 spiro atoms. The Labute approximate surface area is 177 Å². The third-order valence-corrected chi connectivity index (χ3v) is 5.81. The maximum atomic E-state index is 9.30. The molecule has 0 aliphatic heterocycles. The van der Waals surface area contributed by atoms with Gasteiger partial charge in [0.25, 0.3) is 0 Å². The van der Waals surface area contributed by atoms with Gasteiger partial charge in [-0.15, -0.1) is 0 Å². The highest BCUT2D eigenvalue weighted by Gasteiger charge is 2.22. The lowest BCUT2D eigenvalue weighted by molar-refractivity contribution is 0.115. The highest BCUT2D eigenvalue weighted by Crippen LogP contribution is 2.16. The van der Waals surface area contributed by atoms with Crippen LogP contribution in [0.3, 0.4) is 0 Å². The molecule has 0 radical (unpaired) electrons. The lowest BCUT2D eigenvalue weighted by Crippen LogP contribution is -2.47. The third kappa shape index (κ3) is 8.69. The van der Waals surface area contributed by atoms with Crippen LogP contribution in [0.2, 0.25) is 0 Å². The fourth-order valence-corrected chi connectivity index (χ4v) is 3.59. The van der Waals surface area contributed by atoms with Gasteiger partial charge in [0.05, 0.1) is 18.8 Å². The molecule has 0 aliphatic rings. The molecule has 0 fully saturated rings. The molecule has 0 bridgehead atoms. The van der Waals surface area contributed by atoms with E-state index in [1.54, 1.807) is 0 Å². The Morgan fingerprint density at radius 1 is 0.655 bits per heavy atom. The summed E-state index contributed by atoms with van der Waals surface area (Å²) in [5.74, 6) is 0. The highest BCUT2D eigenvalue weighted by molar-refractivity contribution is 5.30. The number of nitrogens with two attached hydrogens (primary N) is 1. The maximum Gasteiger partial charge on any atom is 0.0633 e. The summed E-state index contributed by atoms with van der Waals surface area (Å²) in [5, 5.41) is 18.6. The van der Waals surface area contributed by atoms with E-state index in [1.807, 2.05) is 0 Å². The van der Waals surface area contributed by atoms with Crippen molar-refractivity contribution in [1.82, 2.24) is 0 Å². The fraction of sp³-hybridized carbons (Fsp3) is 0.538. The van der Waals surface area contributed by atoms with Crippen LogP contribution in [0.5, 0.6) is 0 Å². The van der Waals surface area contributed by atoms with Crippen LogP contribution in [-0.4, -0.2) is 29.0 Å². The number of aliphatic hydroxyl groups excluding tert-OH is 2. The van der Waals surface area contributed by atoms with E-state index in [0.29, 0.717) is 6.42 Å². The van der Waals surface area contributed by atoms with Gasteiger partial charge in [-0.3, -0.25) is 0 Å². The summed E-state index contributed by atoms with van der Waals surface area (Å²) in [5.41, 5.74) is 10.3. The molecule has 160 valence electrons. The first-order chi connectivity index (χ1) is 14.1. The van der Waals surface area contributed by atoms with Gasteiger partial charge in [-0.25, -0.2) is 0 Å². The largest absolute Gasteiger partial charge is 0.394 e. The van der Waals surface area contributed by atoms with Crippen LogP contribution in [0.25, 0.3) is 0 Å². The fourth-order valence-electron chi connectivity index (χ4n) is 3.59. The first kappa shape index (κ1) is 23.6. The van der Waals surface area contributed by atoms with E-state index < -0.39 is 5.54 Å². The molecule has 0 saturated heterocycles. The Morgan fingerprint density at radius 2 is 1.10 bits per heavy atom. The molecule has 0 atom stereocenters. The molecule has 4 N–H and O–H groups in total. The summed E-state index contributed by atoms with van der Waals surface area (Å²) in [4.78, 5) is 0. The SMILES string of the molecule is CCCCCCCCc1ccc(Cc2ccc(CCC(N)(CO)CO)cc2)cc1. The van der Waals surface area contributed by atoms with Crippen LogP contribution in [0.4, 0.5) is 0 Å². The second kappa shape index (κ2) is 12.8. The van der Waals surface area contributed by atoms with E-state index in [0.717, 1.165) is 12.8 Å². The lowest BCUT2D eigenvalue weighted by Gasteiger charge is -2.24. The molecular weight excluding hydrogens is 358 g/mol. The highest BCUT2D eigenvalue weighted by atomic mass is 16.3. The summed E-state index contributed by atoms with van der Waals surface area (Å²) in [6.07, 6.45) is 11.5. The zero-order valence-corrected chi connectivity index (χ0v) is 18.1. The number of hydrogen-bond acceptors (Lipinski definition) is 3. The van der Waals surface area contributed by atoms with Gasteiger partial charge in [0.2, 0.25) is 0 Å². The van der Waals surface area contributed by atoms with Crippen molar-refractivity contribution in [2.45, 2.75) is 76.7 Å². The van der Waals surface area contributed by atoms with Gasteiger partial charge in [-0.05, 0) is 54.4 Å². The zero-order valence-electron chi connectivity index (χ0n) is 18.1. The standard InChI is InChI=1S/C26H39NO2/c1-2-3-4-5-6-7-8-22-9-13-24(14-10-22)19-25-15-11-23(12-16-25)17-18-26(27,20-28)21-29/h9-16,28-29H,2-8,17-21,27H2,1H3. The third-order valence-electron chi connectivity index (χ3n) is 5.81. The lowest BCUT2D eigenvalue weighted by atomic mass is 9.93. The van der Waals surface area contributed by atoms with Crippen molar-refractivity contribution in [3.8, 4) is 0 Å². The minimum atomic E-state index is -0.893. The van der Waals surface area contributed by atoms with Gasteiger partial charge in [0, 0.05) is 0 Å². The maximum absolute atomic E-state index is 9.30. The Bertz CT molecular complexity index is 675. The molecule has 2 aromatic carbocycles. The van der Waals surface area contributed by atoms with E-state index in [-0.39, 0.29) is 13.2 Å². The topological polar surface area (TPSA) is 66.5 Å². The molecular formula is C26H39NO2. The predicted octanol–water partition coefficient (Wildman–Crippen LogP) is 4.80. The van der Waals surface area contributed by atoms with Crippen molar-refractivity contribution < 1.29 is 10.2 Å². The molecule has 0 saturated carbocycles. The normalized spacial score (nSPS) is 11.7. The quantitative estimate of drug-likeness (QED) is 0.401. The molecule has 0 aliphatic carbocycles. The van der Waals surface area contributed by atoms with Crippen molar-refractivity contribution in [2.75, 3.05) is 13.2 Å². The van der Waals surface area contributed by atoms with Crippen molar-refractivity contribution in [1.29, 1.82) is 0 Å². The second-order valence-corrected chi connectivity index (χ2v) is 8.51. The monoisotopic (exact) mass is 397 g/mol. The zero-order chi connectivity index (χ0) is 21.0. The molecule has 3 nitrogen and oxygen atoms in total. The minimum Gasteiger partial charge on any atom is -0.394 e. The summed E-state index contributed by atoms with van der Waals surface area (Å²) < 4.78 is 0. The first-order valence-corrected chi connectivity index (χ1v) is 11.2. The number of rotatable bonds is 14. The molecule has 2 aromatic rings. The van der Waals surface area contributed by atoms with Crippen LogP contribution < -0.4 is 5.73 Å². The van der Waals surface area contributed by atoms with E-state index in [4.69, 9.17) is 5.73 Å². The van der Waals surface area contributed by atoms with Gasteiger partial charge < -0.3 is 15.9 Å². The van der Waals surface area contributed by atoms with Crippen LogP contribution >= 0.6 is 0 Å². The summed E-state index contributed by atoms with van der Waals surface area (Å²) >= 11 is 0. The summed E-state index contributed by atoms with van der Waals surface area (Å²) in [6.45, 7) is 1.87. The number of aryl methyl sites for hydroxylation is 2. The molecule has 29 heavy (non-hydrogen) atoms. The average molecular weight is 398 g/mol. The number of benzene rings is 2.